The molecule has 0 bridgehead atoms. The lowest BCUT2D eigenvalue weighted by Gasteiger charge is -2.13. The molecule has 0 aliphatic heterocycles. The van der Waals surface area contributed by atoms with Gasteiger partial charge < -0.3 is 20.5 Å². The lowest BCUT2D eigenvalue weighted by molar-refractivity contribution is -0.112. The van der Waals surface area contributed by atoms with Gasteiger partial charge in [0.2, 0.25) is 0 Å². The minimum atomic E-state index is -0.328. The third-order valence-electron chi connectivity index (χ3n) is 2.97. The summed E-state index contributed by atoms with van der Waals surface area (Å²) in [4.78, 5) is 23.5. The molecule has 0 fully saturated rings. The fourth-order valence-electron chi connectivity index (χ4n) is 2.05. The monoisotopic (exact) mass is 318 g/mol. The van der Waals surface area contributed by atoms with E-state index >= 15 is 0 Å². The summed E-state index contributed by atoms with van der Waals surface area (Å²) in [5.74, 6) is -0.0306. The number of methoxy groups -OCH3 is 1. The molecule has 0 heterocycles. The number of ether oxygens (including phenoxy) is 2. The van der Waals surface area contributed by atoms with Crippen LogP contribution in [0, 0.1) is 0 Å². The summed E-state index contributed by atoms with van der Waals surface area (Å²) in [5, 5.41) is 2.68. The number of nitrogens with two attached hydrogens (primary N) is 1. The number of allylic oxidation sites excluding steroid dienone is 2. The summed E-state index contributed by atoms with van der Waals surface area (Å²) >= 11 is 0. The maximum atomic E-state index is 11.8. The normalized spacial score (nSPS) is 11.8. The fraction of sp³-hybridized carbons (Fsp3) is 0.294. The molecule has 1 aromatic rings. The molecule has 124 valence electrons. The minimum absolute atomic E-state index is 0.153. The van der Waals surface area contributed by atoms with E-state index in [1.54, 1.807) is 25.1 Å². The van der Waals surface area contributed by atoms with E-state index in [2.05, 4.69) is 5.32 Å². The molecule has 0 spiro atoms. The number of hydrogen-bond donors (Lipinski definition) is 2. The lowest BCUT2D eigenvalue weighted by atomic mass is 9.99. The van der Waals surface area contributed by atoms with Crippen molar-refractivity contribution in [1.29, 1.82) is 0 Å². The largest absolute Gasteiger partial charge is 0.501 e. The van der Waals surface area contributed by atoms with Crippen molar-refractivity contribution in [3.05, 3.63) is 41.8 Å². The number of hydrogen-bond acceptors (Lipinski definition) is 5. The Morgan fingerprint density at radius 2 is 2.00 bits per heavy atom. The zero-order chi connectivity index (χ0) is 17.4. The molecule has 0 aliphatic carbocycles. The van der Waals surface area contributed by atoms with E-state index in [4.69, 9.17) is 15.2 Å². The number of Topliss-reactive ketones (excluding diaryl/α,β-unsaturated/α-hetero) is 1. The molecule has 1 rings (SSSR count). The number of ketones is 1. The van der Waals surface area contributed by atoms with Crippen LogP contribution in [0.2, 0.25) is 0 Å². The Morgan fingerprint density at radius 1 is 1.30 bits per heavy atom. The van der Waals surface area contributed by atoms with Crippen molar-refractivity contribution in [3.8, 4) is 5.75 Å². The van der Waals surface area contributed by atoms with Gasteiger partial charge in [-0.15, -0.1) is 0 Å². The van der Waals surface area contributed by atoms with Crippen LogP contribution in [0.3, 0.4) is 0 Å². The first-order valence-electron chi connectivity index (χ1n) is 7.15. The molecule has 0 atom stereocenters. The second-order valence-electron chi connectivity index (χ2n) is 4.78. The van der Waals surface area contributed by atoms with Gasteiger partial charge in [0.05, 0.1) is 20.0 Å². The third kappa shape index (κ3) is 5.18. The van der Waals surface area contributed by atoms with Crippen molar-refractivity contribution >= 4 is 23.0 Å². The van der Waals surface area contributed by atoms with Gasteiger partial charge in [-0.3, -0.25) is 9.59 Å². The van der Waals surface area contributed by atoms with E-state index in [-0.39, 0.29) is 11.7 Å². The van der Waals surface area contributed by atoms with Gasteiger partial charge in [0, 0.05) is 34.7 Å². The van der Waals surface area contributed by atoms with Crippen LogP contribution in [-0.4, -0.2) is 25.4 Å². The predicted octanol–water partition coefficient (Wildman–Crippen LogP) is 2.46. The Hall–Kier alpha value is -2.76. The van der Waals surface area contributed by atoms with Crippen LogP contribution in [0.1, 0.15) is 26.3 Å². The Balaban J connectivity index is 3.08. The van der Waals surface area contributed by atoms with Crippen LogP contribution in [0.5, 0.6) is 5.75 Å². The van der Waals surface area contributed by atoms with E-state index in [0.29, 0.717) is 34.9 Å². The molecule has 0 saturated heterocycles. The average molecular weight is 318 g/mol. The van der Waals surface area contributed by atoms with Crippen LogP contribution in [0.25, 0.3) is 5.57 Å². The Bertz CT molecular complexity index is 644. The van der Waals surface area contributed by atoms with Crippen molar-refractivity contribution in [1.82, 2.24) is 0 Å². The van der Waals surface area contributed by atoms with Crippen molar-refractivity contribution in [2.75, 3.05) is 19.0 Å². The van der Waals surface area contributed by atoms with Crippen LogP contribution in [0.15, 0.2) is 36.2 Å². The number of benzene rings is 1. The molecule has 0 radical (unpaired) electrons. The summed E-state index contributed by atoms with van der Waals surface area (Å²) in [7, 11) is 1.49. The second-order valence-corrected chi connectivity index (χ2v) is 4.78. The molecular weight excluding hydrogens is 296 g/mol. The van der Waals surface area contributed by atoms with Crippen LogP contribution in [0.4, 0.5) is 5.69 Å². The van der Waals surface area contributed by atoms with Crippen molar-refractivity contribution < 1.29 is 19.1 Å². The standard InChI is InChI=1S/C17H22N2O4/c1-5-23-9-8-16(21)19-13-6-7-14(15(10-13)22-4)17(11(2)18)12(3)20/h6-10H,5,18H2,1-4H3,(H,19,21)/b9-8+,17-11?. The van der Waals surface area contributed by atoms with E-state index < -0.39 is 0 Å². The van der Waals surface area contributed by atoms with Crippen molar-refractivity contribution in [2.45, 2.75) is 20.8 Å². The van der Waals surface area contributed by atoms with Crippen LogP contribution in [-0.2, 0) is 14.3 Å². The van der Waals surface area contributed by atoms with Gasteiger partial charge in [0.25, 0.3) is 5.91 Å². The van der Waals surface area contributed by atoms with E-state index in [1.807, 2.05) is 6.92 Å². The molecule has 3 N–H and O–H groups in total. The van der Waals surface area contributed by atoms with Crippen molar-refractivity contribution in [2.24, 2.45) is 5.73 Å². The quantitative estimate of drug-likeness (QED) is 0.595. The number of carbonyl (C=O) groups excluding carboxylic acids is 2. The maximum absolute atomic E-state index is 11.8. The highest BCUT2D eigenvalue weighted by atomic mass is 16.5. The smallest absolute Gasteiger partial charge is 0.251 e. The van der Waals surface area contributed by atoms with Gasteiger partial charge in [0.1, 0.15) is 5.75 Å². The Morgan fingerprint density at radius 3 is 2.52 bits per heavy atom. The van der Waals surface area contributed by atoms with E-state index in [9.17, 15) is 9.59 Å². The van der Waals surface area contributed by atoms with Crippen LogP contribution < -0.4 is 15.8 Å². The van der Waals surface area contributed by atoms with Gasteiger partial charge >= 0.3 is 0 Å². The molecule has 6 heteroatoms. The van der Waals surface area contributed by atoms with Gasteiger partial charge in [-0.2, -0.15) is 0 Å². The topological polar surface area (TPSA) is 90.7 Å². The number of carbonyl (C=O) groups is 2. The molecule has 6 nitrogen and oxygen atoms in total. The number of anilines is 1. The van der Waals surface area contributed by atoms with Crippen molar-refractivity contribution in [3.63, 3.8) is 0 Å². The molecule has 1 amide bonds. The minimum Gasteiger partial charge on any atom is -0.501 e. The zero-order valence-electron chi connectivity index (χ0n) is 13.8. The van der Waals surface area contributed by atoms with Gasteiger partial charge in [-0.1, -0.05) is 0 Å². The molecular formula is C17H22N2O4. The van der Waals surface area contributed by atoms with Gasteiger partial charge in [0.15, 0.2) is 5.78 Å². The first-order valence-corrected chi connectivity index (χ1v) is 7.15. The predicted molar refractivity (Wildman–Crippen MR) is 89.9 cm³/mol. The highest BCUT2D eigenvalue weighted by Gasteiger charge is 2.15. The number of rotatable bonds is 7. The molecule has 23 heavy (non-hydrogen) atoms. The summed E-state index contributed by atoms with van der Waals surface area (Å²) in [6.07, 6.45) is 2.62. The third-order valence-corrected chi connectivity index (χ3v) is 2.97. The Kier molecular flexibility index (Phi) is 6.86. The SMILES string of the molecule is CCO/C=C/C(=O)Nc1ccc(C(C(C)=O)=C(C)N)c(OC)c1. The molecule has 1 aromatic carbocycles. The fourth-order valence-corrected chi connectivity index (χ4v) is 2.05. The summed E-state index contributed by atoms with van der Waals surface area (Å²) in [5.41, 5.74) is 7.72. The molecule has 0 saturated carbocycles. The molecule has 0 unspecified atom stereocenters. The highest BCUT2D eigenvalue weighted by molar-refractivity contribution is 6.21. The van der Waals surface area contributed by atoms with E-state index in [0.717, 1.165) is 0 Å². The second kappa shape index (κ2) is 8.63. The maximum Gasteiger partial charge on any atom is 0.251 e. The Labute approximate surface area is 136 Å². The van der Waals surface area contributed by atoms with Gasteiger partial charge in [-0.05, 0) is 32.9 Å². The summed E-state index contributed by atoms with van der Waals surface area (Å²) in [6, 6.07) is 5.00. The first kappa shape index (κ1) is 18.3. The molecule has 0 aliphatic rings. The zero-order valence-corrected chi connectivity index (χ0v) is 13.8. The summed E-state index contributed by atoms with van der Waals surface area (Å²) in [6.45, 7) is 5.42. The molecule has 0 aromatic heterocycles. The highest BCUT2D eigenvalue weighted by Crippen LogP contribution is 2.30. The number of nitrogens with one attached hydrogen (secondary N) is 1. The first-order chi connectivity index (χ1) is 10.9. The average Bonchev–Trinajstić information content (AvgIpc) is 2.48. The van der Waals surface area contributed by atoms with Gasteiger partial charge in [-0.25, -0.2) is 0 Å². The van der Waals surface area contributed by atoms with E-state index in [1.165, 1.54) is 26.4 Å². The summed E-state index contributed by atoms with van der Waals surface area (Å²) < 4.78 is 10.3. The lowest BCUT2D eigenvalue weighted by Crippen LogP contribution is -2.10. The van der Waals surface area contributed by atoms with Crippen LogP contribution >= 0.6 is 0 Å². The number of amides is 1.